The Morgan fingerprint density at radius 3 is 2.03 bits per heavy atom. The molecule has 3 nitrogen and oxygen atoms in total. The number of hydrogen-bond acceptors (Lipinski definition) is 3. The highest BCUT2D eigenvalue weighted by atomic mass is 19.4. The van der Waals surface area contributed by atoms with Crippen LogP contribution < -0.4 is 5.32 Å². The van der Waals surface area contributed by atoms with E-state index < -0.39 is 11.6 Å². The maximum absolute atomic E-state index is 13.2. The average Bonchev–Trinajstić information content (AvgIpc) is 3.29. The molecule has 1 N–H and O–H groups in total. The Morgan fingerprint density at radius 1 is 0.917 bits per heavy atom. The lowest BCUT2D eigenvalue weighted by Gasteiger charge is -2.38. The molecule has 0 amide bonds. The molecular formula is C30H40F3N3. The third kappa shape index (κ3) is 6.44. The van der Waals surface area contributed by atoms with E-state index in [4.69, 9.17) is 0 Å². The van der Waals surface area contributed by atoms with Crippen LogP contribution in [0.5, 0.6) is 0 Å². The number of halogens is 3. The molecule has 2 heterocycles. The molecule has 0 radical (unpaired) electrons. The van der Waals surface area contributed by atoms with Crippen molar-refractivity contribution in [3.05, 3.63) is 60.7 Å². The van der Waals surface area contributed by atoms with E-state index in [2.05, 4.69) is 72.3 Å². The van der Waals surface area contributed by atoms with Crippen molar-refractivity contribution in [3.8, 4) is 11.1 Å². The van der Waals surface area contributed by atoms with E-state index in [-0.39, 0.29) is 6.54 Å². The topological polar surface area (TPSA) is 18.5 Å². The third-order valence-corrected chi connectivity index (χ3v) is 7.93. The first kappa shape index (κ1) is 26.6. The minimum absolute atomic E-state index is 0.0741. The van der Waals surface area contributed by atoms with Crippen LogP contribution in [-0.2, 0) is 0 Å². The van der Waals surface area contributed by atoms with Gasteiger partial charge in [-0.15, -0.1) is 0 Å². The predicted octanol–water partition coefficient (Wildman–Crippen LogP) is 7.38. The molecule has 0 aliphatic carbocycles. The number of benzene rings is 2. The number of nitrogens with one attached hydrogen (secondary N) is 1. The lowest BCUT2D eigenvalue weighted by atomic mass is 9.89. The van der Waals surface area contributed by atoms with Gasteiger partial charge >= 0.3 is 6.18 Å². The van der Waals surface area contributed by atoms with Crippen LogP contribution in [0.4, 0.5) is 18.9 Å². The summed E-state index contributed by atoms with van der Waals surface area (Å²) in [6.45, 7) is 13.7. The number of alkyl halides is 3. The quantitative estimate of drug-likeness (QED) is 0.409. The van der Waals surface area contributed by atoms with E-state index in [1.165, 1.54) is 37.0 Å². The van der Waals surface area contributed by atoms with Crippen molar-refractivity contribution in [2.24, 2.45) is 17.3 Å². The van der Waals surface area contributed by atoms with Gasteiger partial charge in [-0.25, -0.2) is 0 Å². The summed E-state index contributed by atoms with van der Waals surface area (Å²) in [5.74, 6) is 1.21. The summed E-state index contributed by atoms with van der Waals surface area (Å²) in [7, 11) is 0. The first-order chi connectivity index (χ1) is 17.0. The largest absolute Gasteiger partial charge is 0.395 e. The lowest BCUT2D eigenvalue weighted by molar-refractivity contribution is -0.217. The van der Waals surface area contributed by atoms with E-state index in [0.29, 0.717) is 5.92 Å². The molecule has 36 heavy (non-hydrogen) atoms. The Bertz CT molecular complexity index is 1000. The van der Waals surface area contributed by atoms with Gasteiger partial charge in [0.1, 0.15) is 0 Å². The zero-order valence-corrected chi connectivity index (χ0v) is 21.9. The molecule has 6 heteroatoms. The minimum Gasteiger partial charge on any atom is -0.385 e. The summed E-state index contributed by atoms with van der Waals surface area (Å²) in [4.78, 5) is 4.35. The minimum atomic E-state index is -4.17. The Balaban J connectivity index is 1.24. The standard InChI is InChI=1S/C30H40F3N3/c1-22-13-18-36(20-22)23(2)25-5-7-26(8-6-25)27-9-11-28(12-10-27)34-19-24-14-16-35(17-15-24)21-29(3,4)30(31,32)33/h5-12,22,24,34H,2,13-21H2,1,3-4H3. The Kier molecular flexibility index (Phi) is 8.03. The molecular weight excluding hydrogens is 459 g/mol. The maximum Gasteiger partial charge on any atom is 0.395 e. The van der Waals surface area contributed by atoms with Crippen LogP contribution in [-0.4, -0.2) is 55.2 Å². The number of hydrogen-bond donors (Lipinski definition) is 1. The molecule has 2 fully saturated rings. The summed E-state index contributed by atoms with van der Waals surface area (Å²) >= 11 is 0. The van der Waals surface area contributed by atoms with E-state index in [9.17, 15) is 13.2 Å². The van der Waals surface area contributed by atoms with Crippen LogP contribution in [0.1, 0.15) is 45.6 Å². The van der Waals surface area contributed by atoms with Gasteiger partial charge in [-0.2, -0.15) is 13.2 Å². The number of anilines is 1. The second kappa shape index (κ2) is 10.9. The van der Waals surface area contributed by atoms with Crippen molar-refractivity contribution in [1.82, 2.24) is 9.80 Å². The second-order valence-corrected chi connectivity index (χ2v) is 11.4. The SMILES string of the molecule is C=C(c1ccc(-c2ccc(NCC3CCN(CC(C)(C)C(F)(F)F)CC3)cc2)cc1)N1CCC(C)C1. The highest BCUT2D eigenvalue weighted by molar-refractivity contribution is 5.70. The molecule has 196 valence electrons. The van der Waals surface area contributed by atoms with Crippen molar-refractivity contribution < 1.29 is 13.2 Å². The van der Waals surface area contributed by atoms with Crippen LogP contribution >= 0.6 is 0 Å². The summed E-state index contributed by atoms with van der Waals surface area (Å²) in [5, 5.41) is 3.52. The lowest BCUT2D eigenvalue weighted by Crippen LogP contribution is -2.46. The van der Waals surface area contributed by atoms with Gasteiger partial charge in [0, 0.05) is 37.6 Å². The van der Waals surface area contributed by atoms with Gasteiger partial charge in [0.05, 0.1) is 5.41 Å². The highest BCUT2D eigenvalue weighted by Gasteiger charge is 2.48. The summed E-state index contributed by atoms with van der Waals surface area (Å²) < 4.78 is 39.6. The van der Waals surface area contributed by atoms with Crippen molar-refractivity contribution in [1.29, 1.82) is 0 Å². The normalized spacial score (nSPS) is 20.1. The molecule has 2 aliphatic rings. The van der Waals surface area contributed by atoms with Gasteiger partial charge in [-0.05, 0) is 86.9 Å². The van der Waals surface area contributed by atoms with Crippen LogP contribution in [0, 0.1) is 17.3 Å². The molecule has 0 aromatic heterocycles. The second-order valence-electron chi connectivity index (χ2n) is 11.4. The monoisotopic (exact) mass is 499 g/mol. The fraction of sp³-hybridized carbons (Fsp3) is 0.533. The molecule has 2 aliphatic heterocycles. The van der Waals surface area contributed by atoms with Gasteiger partial charge in [0.25, 0.3) is 0 Å². The van der Waals surface area contributed by atoms with E-state index >= 15 is 0 Å². The van der Waals surface area contributed by atoms with Gasteiger partial charge in [0.15, 0.2) is 0 Å². The van der Waals surface area contributed by atoms with Crippen molar-refractivity contribution in [2.75, 3.05) is 44.6 Å². The third-order valence-electron chi connectivity index (χ3n) is 7.93. The maximum atomic E-state index is 13.2. The number of rotatable bonds is 8. The van der Waals surface area contributed by atoms with Crippen molar-refractivity contribution in [2.45, 2.75) is 46.2 Å². The first-order valence-electron chi connectivity index (χ1n) is 13.2. The van der Waals surface area contributed by atoms with Crippen LogP contribution in [0.15, 0.2) is 55.1 Å². The Labute approximate surface area is 214 Å². The molecule has 1 unspecified atom stereocenters. The van der Waals surface area contributed by atoms with E-state index in [1.54, 1.807) is 0 Å². The average molecular weight is 500 g/mol. The zero-order chi connectivity index (χ0) is 25.9. The van der Waals surface area contributed by atoms with Gasteiger partial charge in [-0.3, -0.25) is 0 Å². The smallest absolute Gasteiger partial charge is 0.385 e. The van der Waals surface area contributed by atoms with Gasteiger partial charge < -0.3 is 15.1 Å². The van der Waals surface area contributed by atoms with Gasteiger partial charge in [0.2, 0.25) is 0 Å². The molecule has 2 saturated heterocycles. The van der Waals surface area contributed by atoms with E-state index in [1.807, 2.05) is 4.90 Å². The summed E-state index contributed by atoms with van der Waals surface area (Å²) in [6, 6.07) is 17.1. The van der Waals surface area contributed by atoms with Crippen LogP contribution in [0.2, 0.25) is 0 Å². The zero-order valence-electron chi connectivity index (χ0n) is 21.9. The summed E-state index contributed by atoms with van der Waals surface area (Å²) in [5.41, 5.74) is 4.06. The highest BCUT2D eigenvalue weighted by Crippen LogP contribution is 2.38. The number of nitrogens with zero attached hydrogens (tertiary/aromatic N) is 2. The molecule has 0 saturated carbocycles. The number of piperidine rings is 1. The van der Waals surface area contributed by atoms with Crippen molar-refractivity contribution in [3.63, 3.8) is 0 Å². The Hall–Kier alpha value is -2.47. The van der Waals surface area contributed by atoms with Crippen LogP contribution in [0.3, 0.4) is 0 Å². The molecule has 0 spiro atoms. The molecule has 4 rings (SSSR count). The first-order valence-corrected chi connectivity index (χ1v) is 13.2. The predicted molar refractivity (Wildman–Crippen MR) is 144 cm³/mol. The van der Waals surface area contributed by atoms with Crippen molar-refractivity contribution >= 4 is 11.4 Å². The number of likely N-dealkylation sites (tertiary alicyclic amines) is 2. The molecule has 0 bridgehead atoms. The fourth-order valence-electron chi connectivity index (χ4n) is 5.26. The molecule has 2 aromatic rings. The molecule has 1 atom stereocenters. The molecule has 2 aromatic carbocycles. The fourth-order valence-corrected chi connectivity index (χ4v) is 5.26. The Morgan fingerprint density at radius 2 is 1.50 bits per heavy atom. The van der Waals surface area contributed by atoms with E-state index in [0.717, 1.165) is 62.9 Å². The van der Waals surface area contributed by atoms with Gasteiger partial charge in [-0.1, -0.05) is 49.9 Å². The summed E-state index contributed by atoms with van der Waals surface area (Å²) in [6.07, 6.45) is -1.09. The van der Waals surface area contributed by atoms with Crippen LogP contribution in [0.25, 0.3) is 16.8 Å².